The molecule has 0 saturated heterocycles. The van der Waals surface area contributed by atoms with Crippen LogP contribution in [-0.4, -0.2) is 20.7 Å². The quantitative estimate of drug-likeness (QED) is 0.940. The molecule has 1 N–H and O–H groups in total. The number of hydrogen-bond donors (Lipinski definition) is 1. The SMILES string of the molecule is CC(=O)Nc1cnn(Cc2cccnc2C(F)(F)F)c1. The maximum absolute atomic E-state index is 12.8. The summed E-state index contributed by atoms with van der Waals surface area (Å²) in [6, 6.07) is 2.78. The maximum Gasteiger partial charge on any atom is 0.433 e. The van der Waals surface area contributed by atoms with Crippen molar-refractivity contribution in [3.8, 4) is 0 Å². The Labute approximate surface area is 112 Å². The molecule has 8 heteroatoms. The number of halogens is 3. The van der Waals surface area contributed by atoms with Gasteiger partial charge in [0.2, 0.25) is 5.91 Å². The summed E-state index contributed by atoms with van der Waals surface area (Å²) in [5.74, 6) is -0.276. The molecular weight excluding hydrogens is 273 g/mol. The van der Waals surface area contributed by atoms with Crippen molar-refractivity contribution in [2.75, 3.05) is 5.32 Å². The summed E-state index contributed by atoms with van der Waals surface area (Å²) in [4.78, 5) is 14.2. The predicted molar refractivity (Wildman–Crippen MR) is 64.9 cm³/mol. The number of carbonyl (C=O) groups is 1. The second kappa shape index (κ2) is 5.32. The van der Waals surface area contributed by atoms with Crippen LogP contribution in [0.5, 0.6) is 0 Å². The van der Waals surface area contributed by atoms with Gasteiger partial charge in [-0.25, -0.2) is 0 Å². The average molecular weight is 284 g/mol. The molecule has 2 rings (SSSR count). The van der Waals surface area contributed by atoms with E-state index in [4.69, 9.17) is 0 Å². The highest BCUT2D eigenvalue weighted by Crippen LogP contribution is 2.30. The van der Waals surface area contributed by atoms with Gasteiger partial charge in [0.1, 0.15) is 5.69 Å². The molecule has 0 aliphatic carbocycles. The Morgan fingerprint density at radius 1 is 1.45 bits per heavy atom. The Morgan fingerprint density at radius 3 is 2.85 bits per heavy atom. The zero-order valence-corrected chi connectivity index (χ0v) is 10.5. The lowest BCUT2D eigenvalue weighted by Gasteiger charge is -2.11. The normalized spacial score (nSPS) is 11.4. The van der Waals surface area contributed by atoms with E-state index in [9.17, 15) is 18.0 Å². The van der Waals surface area contributed by atoms with Crippen molar-refractivity contribution < 1.29 is 18.0 Å². The van der Waals surface area contributed by atoms with E-state index in [-0.39, 0.29) is 18.0 Å². The highest BCUT2D eigenvalue weighted by atomic mass is 19.4. The standard InChI is InChI=1S/C12H11F3N4O/c1-8(20)18-10-5-17-19(7-10)6-9-3-2-4-16-11(9)12(13,14)15/h2-5,7H,6H2,1H3,(H,18,20). The van der Waals surface area contributed by atoms with Crippen molar-refractivity contribution in [1.82, 2.24) is 14.8 Å². The number of anilines is 1. The summed E-state index contributed by atoms with van der Waals surface area (Å²) in [5, 5.41) is 6.39. The third-order valence-electron chi connectivity index (χ3n) is 2.45. The summed E-state index contributed by atoms with van der Waals surface area (Å²) >= 11 is 0. The molecule has 0 bridgehead atoms. The van der Waals surface area contributed by atoms with Crippen LogP contribution >= 0.6 is 0 Å². The van der Waals surface area contributed by atoms with Gasteiger partial charge < -0.3 is 5.32 Å². The fourth-order valence-corrected chi connectivity index (χ4v) is 1.71. The van der Waals surface area contributed by atoms with Gasteiger partial charge in [0, 0.05) is 24.9 Å². The Bertz CT molecular complexity index is 621. The van der Waals surface area contributed by atoms with Gasteiger partial charge in [-0.15, -0.1) is 0 Å². The molecule has 1 amide bonds. The van der Waals surface area contributed by atoms with Crippen LogP contribution in [-0.2, 0) is 17.5 Å². The van der Waals surface area contributed by atoms with E-state index in [2.05, 4.69) is 15.4 Å². The van der Waals surface area contributed by atoms with E-state index in [0.29, 0.717) is 5.69 Å². The number of pyridine rings is 1. The summed E-state index contributed by atoms with van der Waals surface area (Å²) < 4.78 is 39.6. The van der Waals surface area contributed by atoms with E-state index in [1.54, 1.807) is 0 Å². The lowest BCUT2D eigenvalue weighted by Crippen LogP contribution is -2.14. The number of rotatable bonds is 3. The molecule has 5 nitrogen and oxygen atoms in total. The van der Waals surface area contributed by atoms with Crippen LogP contribution in [0, 0.1) is 0 Å². The van der Waals surface area contributed by atoms with Crippen molar-refractivity contribution in [3.63, 3.8) is 0 Å². The molecule has 0 atom stereocenters. The molecule has 0 radical (unpaired) electrons. The summed E-state index contributed by atoms with van der Waals surface area (Å²) in [6.07, 6.45) is -0.595. The zero-order valence-electron chi connectivity index (χ0n) is 10.5. The van der Waals surface area contributed by atoms with Crippen LogP contribution in [0.1, 0.15) is 18.2 Å². The first-order valence-corrected chi connectivity index (χ1v) is 5.67. The lowest BCUT2D eigenvalue weighted by molar-refractivity contribution is -0.141. The topological polar surface area (TPSA) is 59.8 Å². The van der Waals surface area contributed by atoms with Gasteiger partial charge in [0.05, 0.1) is 18.4 Å². The minimum atomic E-state index is -4.51. The smallest absolute Gasteiger partial charge is 0.324 e. The molecule has 0 aliphatic heterocycles. The Hall–Kier alpha value is -2.38. The van der Waals surface area contributed by atoms with E-state index in [0.717, 1.165) is 6.20 Å². The molecule has 20 heavy (non-hydrogen) atoms. The number of alkyl halides is 3. The largest absolute Gasteiger partial charge is 0.433 e. The van der Waals surface area contributed by atoms with Crippen LogP contribution < -0.4 is 5.32 Å². The summed E-state index contributed by atoms with van der Waals surface area (Å²) in [6.45, 7) is 1.25. The number of hydrogen-bond acceptors (Lipinski definition) is 3. The van der Waals surface area contributed by atoms with Gasteiger partial charge in [0.25, 0.3) is 0 Å². The van der Waals surface area contributed by atoms with E-state index >= 15 is 0 Å². The molecule has 2 heterocycles. The monoisotopic (exact) mass is 284 g/mol. The van der Waals surface area contributed by atoms with Crippen LogP contribution in [0.4, 0.5) is 18.9 Å². The fourth-order valence-electron chi connectivity index (χ4n) is 1.71. The highest BCUT2D eigenvalue weighted by molar-refractivity contribution is 5.88. The molecule has 0 spiro atoms. The predicted octanol–water partition coefficient (Wildman–Crippen LogP) is 2.30. The van der Waals surface area contributed by atoms with Crippen LogP contribution in [0.15, 0.2) is 30.7 Å². The van der Waals surface area contributed by atoms with Crippen molar-refractivity contribution >= 4 is 11.6 Å². The van der Waals surface area contributed by atoms with E-state index in [1.807, 2.05) is 0 Å². The number of amides is 1. The second-order valence-corrected chi connectivity index (χ2v) is 4.12. The number of nitrogens with zero attached hydrogens (tertiary/aromatic N) is 3. The Kier molecular flexibility index (Phi) is 3.73. The average Bonchev–Trinajstić information content (AvgIpc) is 2.75. The van der Waals surface area contributed by atoms with Gasteiger partial charge in [0.15, 0.2) is 0 Å². The van der Waals surface area contributed by atoms with Crippen molar-refractivity contribution in [2.24, 2.45) is 0 Å². The van der Waals surface area contributed by atoms with Crippen LogP contribution in [0.25, 0.3) is 0 Å². The van der Waals surface area contributed by atoms with Crippen molar-refractivity contribution in [3.05, 3.63) is 42.0 Å². The molecule has 106 valence electrons. The van der Waals surface area contributed by atoms with Crippen LogP contribution in [0.3, 0.4) is 0 Å². The minimum Gasteiger partial charge on any atom is -0.324 e. The molecule has 0 aromatic carbocycles. The Balaban J connectivity index is 2.22. The lowest BCUT2D eigenvalue weighted by atomic mass is 10.2. The zero-order chi connectivity index (χ0) is 14.8. The number of nitrogens with one attached hydrogen (secondary N) is 1. The third-order valence-corrected chi connectivity index (χ3v) is 2.45. The second-order valence-electron chi connectivity index (χ2n) is 4.12. The van der Waals surface area contributed by atoms with Crippen molar-refractivity contribution in [2.45, 2.75) is 19.6 Å². The van der Waals surface area contributed by atoms with Crippen LogP contribution in [0.2, 0.25) is 0 Å². The third kappa shape index (κ3) is 3.34. The fraction of sp³-hybridized carbons (Fsp3) is 0.250. The van der Waals surface area contributed by atoms with E-state index in [1.165, 1.54) is 36.1 Å². The van der Waals surface area contributed by atoms with Gasteiger partial charge in [-0.05, 0) is 6.07 Å². The molecule has 0 saturated carbocycles. The van der Waals surface area contributed by atoms with Gasteiger partial charge in [-0.1, -0.05) is 6.07 Å². The number of aromatic nitrogens is 3. The first kappa shape index (κ1) is 14.0. The number of carbonyl (C=O) groups excluding carboxylic acids is 1. The van der Waals surface area contributed by atoms with Crippen molar-refractivity contribution in [1.29, 1.82) is 0 Å². The van der Waals surface area contributed by atoms with E-state index < -0.39 is 11.9 Å². The molecule has 2 aromatic heterocycles. The molecule has 0 unspecified atom stereocenters. The molecule has 0 fully saturated rings. The first-order valence-electron chi connectivity index (χ1n) is 5.67. The van der Waals surface area contributed by atoms with Gasteiger partial charge in [-0.2, -0.15) is 18.3 Å². The Morgan fingerprint density at radius 2 is 2.20 bits per heavy atom. The highest BCUT2D eigenvalue weighted by Gasteiger charge is 2.35. The summed E-state index contributed by atoms with van der Waals surface area (Å²) in [7, 11) is 0. The molecule has 0 aliphatic rings. The minimum absolute atomic E-state index is 0.0116. The summed E-state index contributed by atoms with van der Waals surface area (Å²) in [5.41, 5.74) is -0.496. The maximum atomic E-state index is 12.8. The molecule has 2 aromatic rings. The van der Waals surface area contributed by atoms with Gasteiger partial charge in [-0.3, -0.25) is 14.5 Å². The first-order chi connectivity index (χ1) is 9.36. The molecular formula is C12H11F3N4O. The van der Waals surface area contributed by atoms with Gasteiger partial charge >= 0.3 is 6.18 Å².